The monoisotopic (exact) mass is 344 g/mol. The molecule has 1 saturated carbocycles. The number of rotatable bonds is 7. The van der Waals surface area contributed by atoms with Gasteiger partial charge in [-0.25, -0.2) is 4.99 Å². The highest BCUT2D eigenvalue weighted by Gasteiger charge is 2.45. The summed E-state index contributed by atoms with van der Waals surface area (Å²) in [5.41, 5.74) is -0.936. The number of carbonyl (C=O) groups excluding carboxylic acids is 1. The van der Waals surface area contributed by atoms with E-state index in [0.29, 0.717) is 19.0 Å². The summed E-state index contributed by atoms with van der Waals surface area (Å²) >= 11 is 1.80. The van der Waals surface area contributed by atoms with Crippen LogP contribution < -0.4 is 16.0 Å². The number of amides is 1. The lowest BCUT2D eigenvalue weighted by molar-refractivity contribution is -0.121. The first-order chi connectivity index (χ1) is 10.7. The van der Waals surface area contributed by atoms with Crippen LogP contribution in [0.1, 0.15) is 47.5 Å². The van der Waals surface area contributed by atoms with Crippen LogP contribution in [0.4, 0.5) is 0 Å². The molecule has 2 atom stereocenters. The summed E-state index contributed by atoms with van der Waals surface area (Å²) in [7, 11) is 0. The summed E-state index contributed by atoms with van der Waals surface area (Å²) in [5.74, 6) is 1.46. The number of hydrogen-bond acceptors (Lipinski definition) is 4. The summed E-state index contributed by atoms with van der Waals surface area (Å²) < 4.78 is 0. The van der Waals surface area contributed by atoms with Crippen LogP contribution in [0.5, 0.6) is 0 Å². The molecule has 7 heteroatoms. The van der Waals surface area contributed by atoms with E-state index in [1.165, 1.54) is 0 Å². The summed E-state index contributed by atoms with van der Waals surface area (Å²) in [5, 5.41) is 20.0. The van der Waals surface area contributed by atoms with Gasteiger partial charge in [-0.05, 0) is 46.3 Å². The van der Waals surface area contributed by atoms with Gasteiger partial charge < -0.3 is 21.1 Å². The Morgan fingerprint density at radius 1 is 1.35 bits per heavy atom. The van der Waals surface area contributed by atoms with Crippen molar-refractivity contribution in [3.05, 3.63) is 0 Å². The van der Waals surface area contributed by atoms with Gasteiger partial charge in [0.05, 0.1) is 5.60 Å². The molecule has 0 aromatic rings. The van der Waals surface area contributed by atoms with E-state index in [0.717, 1.165) is 18.6 Å². The van der Waals surface area contributed by atoms with Crippen LogP contribution in [-0.4, -0.2) is 58.8 Å². The zero-order valence-corrected chi connectivity index (χ0v) is 15.8. The minimum absolute atomic E-state index is 0.0676. The zero-order chi connectivity index (χ0) is 17.5. The van der Waals surface area contributed by atoms with Crippen molar-refractivity contribution < 1.29 is 9.90 Å². The average molecular weight is 345 g/mol. The predicted molar refractivity (Wildman–Crippen MR) is 98.0 cm³/mol. The molecular formula is C16H32N4O2S. The van der Waals surface area contributed by atoms with Crippen molar-refractivity contribution in [2.24, 2.45) is 4.99 Å². The first kappa shape index (κ1) is 20.1. The van der Waals surface area contributed by atoms with Gasteiger partial charge in [0.25, 0.3) is 0 Å². The predicted octanol–water partition coefficient (Wildman–Crippen LogP) is 1.10. The molecule has 6 nitrogen and oxygen atoms in total. The third kappa shape index (κ3) is 6.99. The van der Waals surface area contributed by atoms with Crippen LogP contribution in [0.3, 0.4) is 0 Å². The lowest BCUT2D eigenvalue weighted by Crippen LogP contribution is -2.58. The lowest BCUT2D eigenvalue weighted by Gasteiger charge is -2.45. The minimum atomic E-state index is -0.676. The molecule has 134 valence electrons. The lowest BCUT2D eigenvalue weighted by atomic mass is 9.79. The Bertz CT molecular complexity index is 423. The third-order valence-corrected chi connectivity index (χ3v) is 5.02. The van der Waals surface area contributed by atoms with Crippen LogP contribution in [0, 0.1) is 0 Å². The molecule has 1 amide bonds. The average Bonchev–Trinajstić information content (AvgIpc) is 2.44. The van der Waals surface area contributed by atoms with Crippen molar-refractivity contribution in [3.63, 3.8) is 0 Å². The second-order valence-electron chi connectivity index (χ2n) is 6.93. The summed E-state index contributed by atoms with van der Waals surface area (Å²) in [6, 6.07) is 0. The first-order valence-corrected chi connectivity index (χ1v) is 9.42. The molecule has 23 heavy (non-hydrogen) atoms. The van der Waals surface area contributed by atoms with Gasteiger partial charge in [0.1, 0.15) is 6.54 Å². The van der Waals surface area contributed by atoms with Crippen molar-refractivity contribution >= 4 is 23.6 Å². The van der Waals surface area contributed by atoms with Crippen LogP contribution >= 0.6 is 11.8 Å². The molecule has 1 aliphatic rings. The van der Waals surface area contributed by atoms with E-state index >= 15 is 0 Å². The van der Waals surface area contributed by atoms with Gasteiger partial charge in [0, 0.05) is 23.9 Å². The van der Waals surface area contributed by atoms with Gasteiger partial charge >= 0.3 is 0 Å². The maximum atomic E-state index is 11.8. The normalized spacial score (nSPS) is 24.8. The van der Waals surface area contributed by atoms with Crippen molar-refractivity contribution in [1.29, 1.82) is 0 Å². The highest BCUT2D eigenvalue weighted by molar-refractivity contribution is 8.00. The fourth-order valence-electron chi connectivity index (χ4n) is 2.42. The molecule has 1 aliphatic carbocycles. The molecule has 1 rings (SSSR count). The Labute approximate surface area is 144 Å². The quantitative estimate of drug-likeness (QED) is 0.410. The Hall–Kier alpha value is -0.950. The van der Waals surface area contributed by atoms with Crippen LogP contribution in [0.2, 0.25) is 0 Å². The van der Waals surface area contributed by atoms with Gasteiger partial charge in [-0.15, -0.1) is 0 Å². The fourth-order valence-corrected chi connectivity index (χ4v) is 3.62. The van der Waals surface area contributed by atoms with Gasteiger partial charge in [-0.1, -0.05) is 6.92 Å². The van der Waals surface area contributed by atoms with Gasteiger partial charge in [0.15, 0.2) is 5.96 Å². The number of aliphatic imine (C=N–C) groups is 1. The van der Waals surface area contributed by atoms with Gasteiger partial charge in [-0.2, -0.15) is 11.8 Å². The van der Waals surface area contributed by atoms with Crippen LogP contribution in [-0.2, 0) is 4.79 Å². The standard InChI is InChI=1S/C16H32N4O2S/c1-6-17-14(18-10-13(21)20-15(3,4)5)19-11-16(22)9-8-12(16)23-7-2/h12,22H,6-11H2,1-5H3,(H,20,21)(H2,17,18,19). The largest absolute Gasteiger partial charge is 0.387 e. The Morgan fingerprint density at radius 3 is 2.52 bits per heavy atom. The maximum absolute atomic E-state index is 11.8. The second-order valence-corrected chi connectivity index (χ2v) is 8.41. The van der Waals surface area contributed by atoms with E-state index in [-0.39, 0.29) is 23.2 Å². The van der Waals surface area contributed by atoms with E-state index in [4.69, 9.17) is 0 Å². The minimum Gasteiger partial charge on any atom is -0.387 e. The SMILES string of the molecule is CCNC(=NCC(=O)NC(C)(C)C)NCC1(O)CCC1SCC. The molecule has 0 heterocycles. The van der Waals surface area contributed by atoms with E-state index in [1.807, 2.05) is 27.7 Å². The van der Waals surface area contributed by atoms with Crippen LogP contribution in [0.25, 0.3) is 0 Å². The molecule has 2 unspecified atom stereocenters. The highest BCUT2D eigenvalue weighted by atomic mass is 32.2. The number of nitrogens with zero attached hydrogens (tertiary/aromatic N) is 1. The second kappa shape index (κ2) is 8.78. The number of carbonyl (C=O) groups is 1. The van der Waals surface area contributed by atoms with Gasteiger partial charge in [0.2, 0.25) is 5.91 Å². The topological polar surface area (TPSA) is 85.8 Å². The first-order valence-electron chi connectivity index (χ1n) is 8.37. The summed E-state index contributed by atoms with van der Waals surface area (Å²) in [4.78, 5) is 16.1. The maximum Gasteiger partial charge on any atom is 0.242 e. The zero-order valence-electron chi connectivity index (χ0n) is 15.0. The molecule has 0 aromatic heterocycles. The molecule has 0 aliphatic heterocycles. The van der Waals surface area contributed by atoms with Crippen molar-refractivity contribution in [2.75, 3.05) is 25.4 Å². The third-order valence-electron chi connectivity index (χ3n) is 3.61. The molecule has 0 saturated heterocycles. The summed E-state index contributed by atoms with van der Waals surface area (Å²) in [6.45, 7) is 11.1. The summed E-state index contributed by atoms with van der Waals surface area (Å²) in [6.07, 6.45) is 1.86. The smallest absolute Gasteiger partial charge is 0.242 e. The molecule has 0 radical (unpaired) electrons. The Kier molecular flexibility index (Phi) is 7.67. The number of nitrogens with one attached hydrogen (secondary N) is 3. The molecule has 0 spiro atoms. The van der Waals surface area contributed by atoms with Crippen molar-refractivity contribution in [2.45, 2.75) is 63.9 Å². The number of hydrogen-bond donors (Lipinski definition) is 4. The van der Waals surface area contributed by atoms with E-state index in [9.17, 15) is 9.90 Å². The number of aliphatic hydroxyl groups is 1. The van der Waals surface area contributed by atoms with E-state index in [2.05, 4.69) is 27.9 Å². The van der Waals surface area contributed by atoms with Crippen molar-refractivity contribution in [1.82, 2.24) is 16.0 Å². The van der Waals surface area contributed by atoms with Gasteiger partial charge in [-0.3, -0.25) is 4.79 Å². The van der Waals surface area contributed by atoms with E-state index in [1.54, 1.807) is 11.8 Å². The van der Waals surface area contributed by atoms with E-state index < -0.39 is 5.60 Å². The number of guanidine groups is 1. The fraction of sp³-hybridized carbons (Fsp3) is 0.875. The Morgan fingerprint density at radius 2 is 2.04 bits per heavy atom. The molecular weight excluding hydrogens is 312 g/mol. The highest BCUT2D eigenvalue weighted by Crippen LogP contribution is 2.40. The molecule has 0 bridgehead atoms. The van der Waals surface area contributed by atoms with Crippen molar-refractivity contribution in [3.8, 4) is 0 Å². The van der Waals surface area contributed by atoms with Crippen LogP contribution in [0.15, 0.2) is 4.99 Å². The molecule has 4 N–H and O–H groups in total. The molecule has 0 aromatic carbocycles. The number of thioether (sulfide) groups is 1. The molecule has 1 fully saturated rings. The Balaban J connectivity index is 2.51.